The van der Waals surface area contributed by atoms with Crippen molar-refractivity contribution in [3.8, 4) is 0 Å². The second-order valence-corrected chi connectivity index (χ2v) is 4.11. The molecule has 0 spiro atoms. The molecule has 3 nitrogen and oxygen atoms in total. The van der Waals surface area contributed by atoms with Crippen LogP contribution in [0.4, 0.5) is 0 Å². The summed E-state index contributed by atoms with van der Waals surface area (Å²) in [4.78, 5) is 17.7. The summed E-state index contributed by atoms with van der Waals surface area (Å²) in [6.07, 6.45) is 5.44. The number of carbonyl (C=O) groups is 1. The third-order valence-electron chi connectivity index (χ3n) is 2.54. The van der Waals surface area contributed by atoms with E-state index in [-0.39, 0.29) is 11.3 Å². The molecule has 1 heterocycles. The number of nitrogens with zero attached hydrogens (tertiary/aromatic N) is 2. The van der Waals surface area contributed by atoms with Crippen LogP contribution in [-0.2, 0) is 4.79 Å². The highest BCUT2D eigenvalue weighted by Gasteiger charge is 2.33. The van der Waals surface area contributed by atoms with Crippen LogP contribution in [0.15, 0.2) is 16.8 Å². The van der Waals surface area contributed by atoms with Crippen molar-refractivity contribution >= 4 is 12.2 Å². The summed E-state index contributed by atoms with van der Waals surface area (Å²) in [5.41, 5.74) is 0.531. The minimum absolute atomic E-state index is 0.125. The molecule has 0 N–H and O–H groups in total. The van der Waals surface area contributed by atoms with Crippen molar-refractivity contribution in [2.45, 2.75) is 33.6 Å². The van der Waals surface area contributed by atoms with Crippen molar-refractivity contribution < 1.29 is 4.79 Å². The van der Waals surface area contributed by atoms with Crippen molar-refractivity contribution in [1.82, 2.24) is 4.90 Å². The average molecular weight is 194 g/mol. The van der Waals surface area contributed by atoms with Gasteiger partial charge < -0.3 is 4.90 Å². The third kappa shape index (κ3) is 2.03. The van der Waals surface area contributed by atoms with Gasteiger partial charge in [-0.1, -0.05) is 13.3 Å². The van der Waals surface area contributed by atoms with Crippen molar-refractivity contribution in [1.29, 1.82) is 0 Å². The van der Waals surface area contributed by atoms with Gasteiger partial charge in [0.2, 0.25) is 5.91 Å². The molecule has 0 aromatic heterocycles. The lowest BCUT2D eigenvalue weighted by atomic mass is 9.83. The Morgan fingerprint density at radius 3 is 2.79 bits per heavy atom. The summed E-state index contributed by atoms with van der Waals surface area (Å²) in [7, 11) is 1.76. The second-order valence-electron chi connectivity index (χ2n) is 4.11. The molecule has 1 aliphatic heterocycles. The molecule has 1 rings (SSSR count). The van der Waals surface area contributed by atoms with Gasteiger partial charge >= 0.3 is 0 Å². The standard InChI is InChI=1S/C11H18N2O/c1-5-6-11(3)7-9(2)12-8-13(4)10(11)14/h7-8H,5-6H2,1-4H3. The summed E-state index contributed by atoms with van der Waals surface area (Å²) in [6, 6.07) is 0. The van der Waals surface area contributed by atoms with Crippen LogP contribution < -0.4 is 0 Å². The van der Waals surface area contributed by atoms with Crippen molar-refractivity contribution in [3.05, 3.63) is 11.8 Å². The SMILES string of the molecule is CCCC1(C)C=C(C)N=CN(C)C1=O. The lowest BCUT2D eigenvalue weighted by molar-refractivity contribution is -0.133. The number of allylic oxidation sites excluding steroid dienone is 1. The predicted octanol–water partition coefficient (Wildman–Crippen LogP) is 2.20. The molecular formula is C11H18N2O. The molecule has 0 saturated carbocycles. The Balaban J connectivity index is 3.04. The third-order valence-corrected chi connectivity index (χ3v) is 2.54. The first-order chi connectivity index (χ1) is 6.49. The molecule has 1 amide bonds. The zero-order valence-corrected chi connectivity index (χ0v) is 9.37. The van der Waals surface area contributed by atoms with Gasteiger partial charge in [0.05, 0.1) is 11.8 Å². The fraction of sp³-hybridized carbons (Fsp3) is 0.636. The van der Waals surface area contributed by atoms with Gasteiger partial charge in [0, 0.05) is 12.7 Å². The van der Waals surface area contributed by atoms with Crippen LogP contribution in [0.2, 0.25) is 0 Å². The van der Waals surface area contributed by atoms with Crippen molar-refractivity contribution in [3.63, 3.8) is 0 Å². The highest BCUT2D eigenvalue weighted by Crippen LogP contribution is 2.30. The molecule has 78 valence electrons. The fourth-order valence-corrected chi connectivity index (χ4v) is 1.89. The lowest BCUT2D eigenvalue weighted by Gasteiger charge is -2.26. The predicted molar refractivity (Wildman–Crippen MR) is 58.0 cm³/mol. The summed E-state index contributed by atoms with van der Waals surface area (Å²) in [5, 5.41) is 0. The quantitative estimate of drug-likeness (QED) is 0.663. The van der Waals surface area contributed by atoms with Crippen LogP contribution in [0.5, 0.6) is 0 Å². The molecule has 0 aromatic carbocycles. The van der Waals surface area contributed by atoms with Crippen LogP contribution in [0.1, 0.15) is 33.6 Å². The summed E-state index contributed by atoms with van der Waals surface area (Å²) >= 11 is 0. The average Bonchev–Trinajstić information content (AvgIpc) is 2.20. The maximum absolute atomic E-state index is 12.0. The van der Waals surface area contributed by atoms with E-state index in [0.717, 1.165) is 18.5 Å². The Labute approximate surface area is 85.5 Å². The fourth-order valence-electron chi connectivity index (χ4n) is 1.89. The zero-order valence-electron chi connectivity index (χ0n) is 9.37. The van der Waals surface area contributed by atoms with Crippen LogP contribution in [-0.4, -0.2) is 24.2 Å². The van der Waals surface area contributed by atoms with Gasteiger partial charge in [-0.15, -0.1) is 0 Å². The maximum atomic E-state index is 12.0. The number of aliphatic imine (C=N–C) groups is 1. The van der Waals surface area contributed by atoms with E-state index in [1.165, 1.54) is 0 Å². The van der Waals surface area contributed by atoms with Gasteiger partial charge in [0.25, 0.3) is 0 Å². The first kappa shape index (κ1) is 11.0. The number of hydrogen-bond donors (Lipinski definition) is 0. The monoisotopic (exact) mass is 194 g/mol. The zero-order chi connectivity index (χ0) is 10.8. The van der Waals surface area contributed by atoms with Crippen LogP contribution in [0.25, 0.3) is 0 Å². The number of carbonyl (C=O) groups excluding carboxylic acids is 1. The lowest BCUT2D eigenvalue weighted by Crippen LogP contribution is -2.37. The van der Waals surface area contributed by atoms with Gasteiger partial charge in [0.1, 0.15) is 0 Å². The molecule has 3 heteroatoms. The van der Waals surface area contributed by atoms with Crippen molar-refractivity contribution in [2.75, 3.05) is 7.05 Å². The number of hydrogen-bond acceptors (Lipinski definition) is 2. The molecule has 1 unspecified atom stereocenters. The van der Waals surface area contributed by atoms with E-state index in [9.17, 15) is 4.79 Å². The van der Waals surface area contributed by atoms with Crippen LogP contribution in [0.3, 0.4) is 0 Å². The molecule has 0 radical (unpaired) electrons. The van der Waals surface area contributed by atoms with E-state index in [0.29, 0.717) is 0 Å². The van der Waals surface area contributed by atoms with E-state index < -0.39 is 0 Å². The highest BCUT2D eigenvalue weighted by atomic mass is 16.2. The minimum atomic E-state index is -0.385. The second kappa shape index (κ2) is 3.95. The largest absolute Gasteiger partial charge is 0.305 e. The summed E-state index contributed by atoms with van der Waals surface area (Å²) < 4.78 is 0. The molecule has 14 heavy (non-hydrogen) atoms. The first-order valence-corrected chi connectivity index (χ1v) is 5.00. The van der Waals surface area contributed by atoms with Gasteiger partial charge in [-0.05, 0) is 26.3 Å². The smallest absolute Gasteiger partial charge is 0.237 e. The highest BCUT2D eigenvalue weighted by molar-refractivity contribution is 5.93. The molecule has 0 aromatic rings. The van der Waals surface area contributed by atoms with Gasteiger partial charge in [-0.3, -0.25) is 4.79 Å². The molecule has 0 bridgehead atoms. The van der Waals surface area contributed by atoms with Gasteiger partial charge in [0.15, 0.2) is 0 Å². The Morgan fingerprint density at radius 1 is 1.57 bits per heavy atom. The maximum Gasteiger partial charge on any atom is 0.237 e. The van der Waals surface area contributed by atoms with Gasteiger partial charge in [-0.25, -0.2) is 4.99 Å². The molecule has 0 aliphatic carbocycles. The Hall–Kier alpha value is -1.12. The molecule has 0 saturated heterocycles. The summed E-state index contributed by atoms with van der Waals surface area (Å²) in [6.45, 7) is 6.00. The van der Waals surface area contributed by atoms with E-state index >= 15 is 0 Å². The van der Waals surface area contributed by atoms with Crippen LogP contribution in [0, 0.1) is 5.41 Å². The van der Waals surface area contributed by atoms with Crippen LogP contribution >= 0.6 is 0 Å². The molecule has 1 atom stereocenters. The molecule has 0 fully saturated rings. The summed E-state index contributed by atoms with van der Waals surface area (Å²) in [5.74, 6) is 0.125. The number of rotatable bonds is 2. The van der Waals surface area contributed by atoms with E-state index in [2.05, 4.69) is 11.9 Å². The molecular weight excluding hydrogens is 176 g/mol. The van der Waals surface area contributed by atoms with E-state index in [4.69, 9.17) is 0 Å². The van der Waals surface area contributed by atoms with Crippen molar-refractivity contribution in [2.24, 2.45) is 10.4 Å². The Morgan fingerprint density at radius 2 is 2.21 bits per heavy atom. The van der Waals surface area contributed by atoms with E-state index in [1.807, 2.05) is 19.9 Å². The first-order valence-electron chi connectivity index (χ1n) is 5.00. The Bertz CT molecular complexity index is 294. The normalized spacial score (nSPS) is 27.6. The van der Waals surface area contributed by atoms with Gasteiger partial charge in [-0.2, -0.15) is 0 Å². The number of amides is 1. The van der Waals surface area contributed by atoms with E-state index in [1.54, 1.807) is 18.3 Å². The Kier molecular flexibility index (Phi) is 3.09. The minimum Gasteiger partial charge on any atom is -0.305 e. The molecule has 1 aliphatic rings. The topological polar surface area (TPSA) is 32.7 Å².